The molecule has 0 unspecified atom stereocenters. The molecule has 0 aliphatic carbocycles. The Morgan fingerprint density at radius 1 is 0.919 bits per heavy atom. The number of rotatable bonds is 16. The molecule has 0 aromatic heterocycles. The van der Waals surface area contributed by atoms with Gasteiger partial charge >= 0.3 is 7.82 Å². The Morgan fingerprint density at radius 2 is 1.49 bits per heavy atom. The van der Waals surface area contributed by atoms with Crippen LogP contribution in [0.5, 0.6) is 5.75 Å². The van der Waals surface area contributed by atoms with Crippen LogP contribution in [0.25, 0.3) is 0 Å². The quantitative estimate of drug-likeness (QED) is 0.101. The molecule has 0 saturated carbocycles. The molecule has 1 aromatic rings. The van der Waals surface area contributed by atoms with E-state index in [1.54, 1.807) is 0 Å². The number of hydrogen-bond acceptors (Lipinski definition) is 7. The van der Waals surface area contributed by atoms with Crippen molar-refractivity contribution in [2.24, 2.45) is 11.5 Å². The van der Waals surface area contributed by atoms with Crippen molar-refractivity contribution >= 4 is 37.4 Å². The van der Waals surface area contributed by atoms with Crippen LogP contribution in [-0.2, 0) is 35.0 Å². The standard InChI is InChI=1S/C22H34N5O9P/c1-3-4-5-6-16(21(31)27-17(20(24)30)12-19(23)29)26-22(32)18(25-13(2)28)11-14-7-9-15(10-8-14)36-37(33,34)35/h7-10,16-18H,3-6,11-12H2,1-2H3,(H2,23,29)(H2,24,30)(H,25,28)(H,26,32)(H,27,31)(H2,33,34,35)/t16-,17-,18-/m0/s1. The van der Waals surface area contributed by atoms with Gasteiger partial charge in [-0.2, -0.15) is 0 Å². The van der Waals surface area contributed by atoms with Crippen LogP contribution in [0.1, 0.15) is 51.5 Å². The zero-order valence-electron chi connectivity index (χ0n) is 20.6. The summed E-state index contributed by atoms with van der Waals surface area (Å²) in [5.41, 5.74) is 10.9. The highest BCUT2D eigenvalue weighted by molar-refractivity contribution is 7.46. The number of phosphoric acid groups is 1. The predicted molar refractivity (Wildman–Crippen MR) is 131 cm³/mol. The van der Waals surface area contributed by atoms with E-state index in [2.05, 4.69) is 20.5 Å². The second kappa shape index (κ2) is 14.9. The Kier molecular flexibility index (Phi) is 12.7. The van der Waals surface area contributed by atoms with Gasteiger partial charge in [-0.05, 0) is 24.1 Å². The molecular weight excluding hydrogens is 509 g/mol. The van der Waals surface area contributed by atoms with E-state index in [0.29, 0.717) is 12.0 Å². The summed E-state index contributed by atoms with van der Waals surface area (Å²) in [5.74, 6) is -3.84. The summed E-state index contributed by atoms with van der Waals surface area (Å²) in [7, 11) is -4.74. The van der Waals surface area contributed by atoms with Crippen molar-refractivity contribution in [3.8, 4) is 5.75 Å². The molecule has 0 bridgehead atoms. The molecule has 15 heteroatoms. The van der Waals surface area contributed by atoms with Crippen molar-refractivity contribution in [2.45, 2.75) is 70.5 Å². The lowest BCUT2D eigenvalue weighted by Crippen LogP contribution is -2.57. The van der Waals surface area contributed by atoms with Crippen LogP contribution >= 0.6 is 7.82 Å². The van der Waals surface area contributed by atoms with Crippen molar-refractivity contribution in [1.29, 1.82) is 0 Å². The largest absolute Gasteiger partial charge is 0.524 e. The normalized spacial score (nSPS) is 13.5. The molecule has 0 radical (unpaired) electrons. The van der Waals surface area contributed by atoms with Gasteiger partial charge in [0.05, 0.1) is 6.42 Å². The number of amides is 5. The molecule has 5 amide bonds. The van der Waals surface area contributed by atoms with Gasteiger partial charge in [-0.1, -0.05) is 38.3 Å². The molecular formula is C22H34N5O9P. The molecule has 0 aliphatic rings. The van der Waals surface area contributed by atoms with Crippen molar-refractivity contribution < 1.29 is 42.8 Å². The van der Waals surface area contributed by atoms with Crippen LogP contribution in [0, 0.1) is 0 Å². The Labute approximate surface area is 214 Å². The summed E-state index contributed by atoms with van der Waals surface area (Å²) in [4.78, 5) is 78.3. The number of phosphoric ester groups is 1. The lowest BCUT2D eigenvalue weighted by molar-refractivity contribution is -0.133. The summed E-state index contributed by atoms with van der Waals surface area (Å²) < 4.78 is 15.5. The maximum Gasteiger partial charge on any atom is 0.524 e. The second-order valence-electron chi connectivity index (χ2n) is 8.37. The monoisotopic (exact) mass is 543 g/mol. The number of benzene rings is 1. The first-order valence-electron chi connectivity index (χ1n) is 11.5. The van der Waals surface area contributed by atoms with Crippen LogP contribution < -0.4 is 31.9 Å². The summed E-state index contributed by atoms with van der Waals surface area (Å²) in [5, 5.41) is 7.42. The number of carbonyl (C=O) groups is 5. The smallest absolute Gasteiger partial charge is 0.404 e. The van der Waals surface area contributed by atoms with Crippen LogP contribution in [-0.4, -0.2) is 57.4 Å². The lowest BCUT2D eigenvalue weighted by atomic mass is 10.0. The van der Waals surface area contributed by atoms with Crippen molar-refractivity contribution in [3.05, 3.63) is 29.8 Å². The zero-order valence-corrected chi connectivity index (χ0v) is 21.5. The molecule has 1 rings (SSSR count). The fourth-order valence-electron chi connectivity index (χ4n) is 3.35. The zero-order chi connectivity index (χ0) is 28.2. The van der Waals surface area contributed by atoms with Crippen molar-refractivity contribution in [3.63, 3.8) is 0 Å². The van der Waals surface area contributed by atoms with Crippen molar-refractivity contribution in [1.82, 2.24) is 16.0 Å². The SMILES string of the molecule is CCCCC[C@H](NC(=O)[C@H](Cc1ccc(OP(=O)(O)O)cc1)NC(C)=O)C(=O)N[C@@H](CC(N)=O)C(N)=O. The second-order valence-corrected chi connectivity index (χ2v) is 9.54. The van der Waals surface area contributed by atoms with Gasteiger partial charge in [0.15, 0.2) is 0 Å². The van der Waals surface area contributed by atoms with Gasteiger partial charge in [0.2, 0.25) is 29.5 Å². The average molecular weight is 544 g/mol. The van der Waals surface area contributed by atoms with Gasteiger partial charge in [-0.3, -0.25) is 33.8 Å². The molecule has 37 heavy (non-hydrogen) atoms. The first kappa shape index (κ1) is 31.5. The number of primary amides is 2. The molecule has 0 fully saturated rings. The fraction of sp³-hybridized carbons (Fsp3) is 0.500. The van der Waals surface area contributed by atoms with E-state index < -0.39 is 61.9 Å². The molecule has 14 nitrogen and oxygen atoms in total. The van der Waals surface area contributed by atoms with Crippen LogP contribution in [0.4, 0.5) is 0 Å². The topological polar surface area (TPSA) is 240 Å². The summed E-state index contributed by atoms with van der Waals surface area (Å²) >= 11 is 0. The molecule has 9 N–H and O–H groups in total. The van der Waals surface area contributed by atoms with Crippen molar-refractivity contribution in [2.75, 3.05) is 0 Å². The van der Waals surface area contributed by atoms with E-state index in [-0.39, 0.29) is 18.6 Å². The Balaban J connectivity index is 3.04. The minimum Gasteiger partial charge on any atom is -0.404 e. The first-order valence-corrected chi connectivity index (χ1v) is 13.0. The highest BCUT2D eigenvalue weighted by Crippen LogP contribution is 2.37. The third kappa shape index (κ3) is 12.9. The van der Waals surface area contributed by atoms with E-state index in [9.17, 15) is 28.5 Å². The van der Waals surface area contributed by atoms with Gasteiger partial charge in [-0.25, -0.2) is 4.57 Å². The third-order valence-corrected chi connectivity index (χ3v) is 5.52. The van der Waals surface area contributed by atoms with E-state index in [1.807, 2.05) is 6.92 Å². The number of nitrogens with two attached hydrogens (primary N) is 2. The van der Waals surface area contributed by atoms with E-state index in [1.165, 1.54) is 31.2 Å². The Hall–Kier alpha value is -3.48. The number of hydrogen-bond donors (Lipinski definition) is 7. The number of carbonyl (C=O) groups excluding carboxylic acids is 5. The average Bonchev–Trinajstić information content (AvgIpc) is 2.77. The molecule has 0 heterocycles. The molecule has 206 valence electrons. The van der Waals surface area contributed by atoms with Crippen LogP contribution in [0.15, 0.2) is 24.3 Å². The summed E-state index contributed by atoms with van der Waals surface area (Å²) in [6, 6.07) is 1.95. The summed E-state index contributed by atoms with van der Waals surface area (Å²) in [6.07, 6.45) is 1.86. The van der Waals surface area contributed by atoms with Gasteiger partial charge < -0.3 is 31.9 Å². The van der Waals surface area contributed by atoms with Gasteiger partial charge in [0.25, 0.3) is 0 Å². The highest BCUT2D eigenvalue weighted by Gasteiger charge is 2.29. The van der Waals surface area contributed by atoms with Gasteiger partial charge in [0.1, 0.15) is 23.9 Å². The molecule has 0 aliphatic heterocycles. The fourth-order valence-corrected chi connectivity index (χ4v) is 3.75. The number of nitrogens with one attached hydrogen (secondary N) is 3. The maximum absolute atomic E-state index is 13.1. The Morgan fingerprint density at radius 3 is 1.97 bits per heavy atom. The first-order chi connectivity index (χ1) is 17.2. The minimum absolute atomic E-state index is 0.0174. The maximum atomic E-state index is 13.1. The summed E-state index contributed by atoms with van der Waals surface area (Å²) in [6.45, 7) is 3.16. The van der Waals surface area contributed by atoms with Gasteiger partial charge in [-0.15, -0.1) is 0 Å². The highest BCUT2D eigenvalue weighted by atomic mass is 31.2. The van der Waals surface area contributed by atoms with Gasteiger partial charge in [0, 0.05) is 13.3 Å². The molecule has 0 saturated heterocycles. The predicted octanol–water partition coefficient (Wildman–Crippen LogP) is -0.884. The van der Waals surface area contributed by atoms with E-state index in [0.717, 1.165) is 12.8 Å². The number of unbranched alkanes of at least 4 members (excludes halogenated alkanes) is 2. The van der Waals surface area contributed by atoms with Crippen LogP contribution in [0.2, 0.25) is 0 Å². The molecule has 0 spiro atoms. The third-order valence-electron chi connectivity index (χ3n) is 5.08. The lowest BCUT2D eigenvalue weighted by Gasteiger charge is -2.24. The minimum atomic E-state index is -4.74. The van der Waals surface area contributed by atoms with E-state index >= 15 is 0 Å². The van der Waals surface area contributed by atoms with Crippen LogP contribution in [0.3, 0.4) is 0 Å². The molecule has 1 aromatic carbocycles. The molecule has 3 atom stereocenters. The Bertz CT molecular complexity index is 1010. The van der Waals surface area contributed by atoms with E-state index in [4.69, 9.17) is 21.3 Å².